The molecule has 0 amide bonds. The molecule has 0 unspecified atom stereocenters. The first-order chi connectivity index (χ1) is 12.2. The van der Waals surface area contributed by atoms with Crippen LogP contribution in [0.1, 0.15) is 11.4 Å². The molecule has 0 radical (unpaired) electrons. The molecule has 0 atom stereocenters. The number of aromatic nitrogens is 5. The Labute approximate surface area is 148 Å². The van der Waals surface area contributed by atoms with Gasteiger partial charge in [0.25, 0.3) is 5.56 Å². The molecule has 4 aromatic rings. The van der Waals surface area contributed by atoms with Gasteiger partial charge in [-0.3, -0.25) is 19.0 Å². The lowest BCUT2D eigenvalue weighted by Gasteiger charge is -2.11. The van der Waals surface area contributed by atoms with Gasteiger partial charge in [-0.05, 0) is 29.9 Å². The zero-order valence-electron chi connectivity index (χ0n) is 13.3. The van der Waals surface area contributed by atoms with Gasteiger partial charge in [0.05, 0.1) is 30.3 Å². The third-order valence-corrected chi connectivity index (χ3v) is 4.38. The summed E-state index contributed by atoms with van der Waals surface area (Å²) in [6, 6.07) is 17.6. The van der Waals surface area contributed by atoms with Crippen LogP contribution in [-0.2, 0) is 13.1 Å². The maximum absolute atomic E-state index is 12.3. The van der Waals surface area contributed by atoms with Gasteiger partial charge in [0.15, 0.2) is 10.6 Å². The summed E-state index contributed by atoms with van der Waals surface area (Å²) in [6.45, 7) is 0.922. The number of nitrogens with one attached hydrogen (secondary N) is 1. The normalized spacial score (nSPS) is 11.0. The minimum atomic E-state index is -0.168. The summed E-state index contributed by atoms with van der Waals surface area (Å²) in [5, 5.41) is 7.15. The molecule has 6 nitrogen and oxygen atoms in total. The number of rotatable bonds is 4. The SMILES string of the molecule is O=c1cnc2ccccc2n1Cc1n[nH]c(=S)n1Cc1ccccc1. The van der Waals surface area contributed by atoms with Gasteiger partial charge in [-0.2, -0.15) is 5.10 Å². The van der Waals surface area contributed by atoms with E-state index >= 15 is 0 Å². The Morgan fingerprint density at radius 2 is 1.72 bits per heavy atom. The van der Waals surface area contributed by atoms with Gasteiger partial charge in [-0.15, -0.1) is 0 Å². The largest absolute Gasteiger partial charge is 0.298 e. The van der Waals surface area contributed by atoms with Crippen LogP contribution in [0.3, 0.4) is 0 Å². The maximum Gasteiger partial charge on any atom is 0.269 e. The average molecular weight is 349 g/mol. The summed E-state index contributed by atoms with van der Waals surface area (Å²) < 4.78 is 4.10. The molecule has 7 heteroatoms. The smallest absolute Gasteiger partial charge is 0.269 e. The highest BCUT2D eigenvalue weighted by molar-refractivity contribution is 7.71. The molecule has 0 saturated carbocycles. The third-order valence-electron chi connectivity index (χ3n) is 4.07. The minimum absolute atomic E-state index is 0.168. The van der Waals surface area contributed by atoms with E-state index in [1.807, 2.05) is 59.2 Å². The van der Waals surface area contributed by atoms with Gasteiger partial charge in [-0.25, -0.2) is 4.98 Å². The van der Waals surface area contributed by atoms with Crippen molar-refractivity contribution in [1.29, 1.82) is 0 Å². The Bertz CT molecular complexity index is 1140. The number of hydrogen-bond donors (Lipinski definition) is 1. The Hall–Kier alpha value is -3.06. The Morgan fingerprint density at radius 3 is 2.56 bits per heavy atom. The highest BCUT2D eigenvalue weighted by Gasteiger charge is 2.11. The maximum atomic E-state index is 12.3. The van der Waals surface area contributed by atoms with Crippen molar-refractivity contribution in [3.63, 3.8) is 0 Å². The Morgan fingerprint density at radius 1 is 0.960 bits per heavy atom. The summed E-state index contributed by atoms with van der Waals surface area (Å²) in [6.07, 6.45) is 1.34. The van der Waals surface area contributed by atoms with Crippen molar-refractivity contribution < 1.29 is 0 Å². The van der Waals surface area contributed by atoms with Crippen LogP contribution < -0.4 is 5.56 Å². The number of benzene rings is 2. The first kappa shape index (κ1) is 15.5. The molecule has 0 spiro atoms. The fourth-order valence-corrected chi connectivity index (χ4v) is 3.03. The third kappa shape index (κ3) is 3.01. The van der Waals surface area contributed by atoms with Crippen LogP contribution in [0.4, 0.5) is 0 Å². The lowest BCUT2D eigenvalue weighted by Crippen LogP contribution is -2.23. The number of hydrogen-bond acceptors (Lipinski definition) is 4. The van der Waals surface area contributed by atoms with E-state index in [-0.39, 0.29) is 5.56 Å². The lowest BCUT2D eigenvalue weighted by molar-refractivity contribution is 0.660. The second kappa shape index (κ2) is 6.45. The van der Waals surface area contributed by atoms with Crippen molar-refractivity contribution in [3.8, 4) is 0 Å². The van der Waals surface area contributed by atoms with Gasteiger partial charge in [-0.1, -0.05) is 42.5 Å². The van der Waals surface area contributed by atoms with Crippen LogP contribution in [0.15, 0.2) is 65.6 Å². The van der Waals surface area contributed by atoms with E-state index in [1.165, 1.54) is 6.20 Å². The first-order valence-electron chi connectivity index (χ1n) is 7.85. The molecule has 2 heterocycles. The molecule has 0 aliphatic rings. The van der Waals surface area contributed by atoms with Gasteiger partial charge >= 0.3 is 0 Å². The Balaban J connectivity index is 1.77. The number of fused-ring (bicyclic) bond motifs is 1. The van der Waals surface area contributed by atoms with Gasteiger partial charge in [0.1, 0.15) is 0 Å². The van der Waals surface area contributed by atoms with E-state index in [4.69, 9.17) is 12.2 Å². The average Bonchev–Trinajstić information content (AvgIpc) is 2.98. The van der Waals surface area contributed by atoms with E-state index in [2.05, 4.69) is 15.2 Å². The van der Waals surface area contributed by atoms with E-state index < -0.39 is 0 Å². The molecule has 4 rings (SSSR count). The predicted octanol–water partition coefficient (Wildman–Crippen LogP) is 2.75. The number of nitrogens with zero attached hydrogens (tertiary/aromatic N) is 4. The van der Waals surface area contributed by atoms with Crippen LogP contribution in [0.2, 0.25) is 0 Å². The second-order valence-electron chi connectivity index (χ2n) is 5.69. The number of aromatic amines is 1. The minimum Gasteiger partial charge on any atom is -0.298 e. The zero-order chi connectivity index (χ0) is 17.2. The summed E-state index contributed by atoms with van der Waals surface area (Å²) >= 11 is 5.36. The first-order valence-corrected chi connectivity index (χ1v) is 8.26. The molecule has 0 bridgehead atoms. The summed E-state index contributed by atoms with van der Waals surface area (Å²) in [4.78, 5) is 16.5. The van der Waals surface area contributed by atoms with E-state index in [9.17, 15) is 4.79 Å². The molecular formula is C18H15N5OS. The summed E-state index contributed by atoms with van der Waals surface area (Å²) in [5.74, 6) is 0.701. The van der Waals surface area contributed by atoms with E-state index in [1.54, 1.807) is 4.57 Å². The quantitative estimate of drug-likeness (QED) is 0.575. The van der Waals surface area contributed by atoms with Gasteiger partial charge < -0.3 is 0 Å². The van der Waals surface area contributed by atoms with Crippen molar-refractivity contribution in [2.24, 2.45) is 0 Å². The second-order valence-corrected chi connectivity index (χ2v) is 6.07. The van der Waals surface area contributed by atoms with Crippen LogP contribution in [-0.4, -0.2) is 24.3 Å². The van der Waals surface area contributed by atoms with Gasteiger partial charge in [0, 0.05) is 0 Å². The topological polar surface area (TPSA) is 68.5 Å². The fraction of sp³-hybridized carbons (Fsp3) is 0.111. The standard InChI is InChI=1S/C18H15N5OS/c24-17-10-19-14-8-4-5-9-15(14)22(17)12-16-20-21-18(25)23(16)11-13-6-2-1-3-7-13/h1-10H,11-12H2,(H,21,25). The number of para-hydroxylation sites is 2. The van der Waals surface area contributed by atoms with Crippen molar-refractivity contribution >= 4 is 23.3 Å². The van der Waals surface area contributed by atoms with Crippen molar-refractivity contribution in [1.82, 2.24) is 24.3 Å². The molecule has 124 valence electrons. The molecule has 0 aliphatic heterocycles. The molecule has 0 saturated heterocycles. The molecule has 25 heavy (non-hydrogen) atoms. The molecule has 2 aromatic carbocycles. The van der Waals surface area contributed by atoms with E-state index in [0.29, 0.717) is 23.7 Å². The predicted molar refractivity (Wildman–Crippen MR) is 98.1 cm³/mol. The zero-order valence-corrected chi connectivity index (χ0v) is 14.1. The highest BCUT2D eigenvalue weighted by Crippen LogP contribution is 2.11. The summed E-state index contributed by atoms with van der Waals surface area (Å²) in [5.41, 5.74) is 2.49. The lowest BCUT2D eigenvalue weighted by atomic mass is 10.2. The van der Waals surface area contributed by atoms with E-state index in [0.717, 1.165) is 16.6 Å². The van der Waals surface area contributed by atoms with Crippen LogP contribution in [0.5, 0.6) is 0 Å². The molecular weight excluding hydrogens is 334 g/mol. The molecule has 0 fully saturated rings. The fourth-order valence-electron chi connectivity index (χ4n) is 2.82. The monoisotopic (exact) mass is 349 g/mol. The molecule has 2 aromatic heterocycles. The van der Waals surface area contributed by atoms with Crippen molar-refractivity contribution in [3.05, 3.63) is 87.3 Å². The summed E-state index contributed by atoms with van der Waals surface area (Å²) in [7, 11) is 0. The van der Waals surface area contributed by atoms with Crippen LogP contribution in [0.25, 0.3) is 11.0 Å². The Kier molecular flexibility index (Phi) is 3.99. The number of H-pyrrole nitrogens is 1. The highest BCUT2D eigenvalue weighted by atomic mass is 32.1. The molecule has 1 N–H and O–H groups in total. The van der Waals surface area contributed by atoms with Crippen LogP contribution in [0, 0.1) is 4.77 Å². The molecule has 0 aliphatic carbocycles. The van der Waals surface area contributed by atoms with Gasteiger partial charge in [0.2, 0.25) is 0 Å². The van der Waals surface area contributed by atoms with Crippen LogP contribution >= 0.6 is 12.2 Å². The van der Waals surface area contributed by atoms with Crippen molar-refractivity contribution in [2.45, 2.75) is 13.1 Å². The van der Waals surface area contributed by atoms with Crippen molar-refractivity contribution in [2.75, 3.05) is 0 Å².